The number of anilines is 1. The van der Waals surface area contributed by atoms with Gasteiger partial charge in [0.1, 0.15) is 5.75 Å². The summed E-state index contributed by atoms with van der Waals surface area (Å²) in [6.45, 7) is 2.40. The van der Waals surface area contributed by atoms with E-state index in [9.17, 15) is 14.0 Å². The average molecular weight is 451 g/mol. The molecule has 0 radical (unpaired) electrons. The number of alkyl halides is 1. The summed E-state index contributed by atoms with van der Waals surface area (Å²) in [6, 6.07) is 17.0. The number of halogens is 1. The molecule has 2 aliphatic rings. The van der Waals surface area contributed by atoms with E-state index in [1.165, 1.54) is 0 Å². The van der Waals surface area contributed by atoms with Crippen LogP contribution in [0.4, 0.5) is 10.1 Å². The minimum Gasteiger partial charge on any atom is -0.491 e. The maximum atomic E-state index is 14.1. The van der Waals surface area contributed by atoms with Gasteiger partial charge in [-0.05, 0) is 24.1 Å². The van der Waals surface area contributed by atoms with Crippen molar-refractivity contribution in [2.24, 2.45) is 0 Å². The molecule has 5 rings (SSSR count). The van der Waals surface area contributed by atoms with E-state index in [2.05, 4.69) is 10.1 Å². The number of carbonyl (C=O) groups is 2. The van der Waals surface area contributed by atoms with E-state index in [0.717, 1.165) is 23.4 Å². The predicted molar refractivity (Wildman–Crippen MR) is 122 cm³/mol. The SMILES string of the molecule is CCCC(=O)c1nc2n(n1)C(c1ccccc1)CC2F.CN1C(=O)CCOc2ccccc21. The van der Waals surface area contributed by atoms with E-state index < -0.39 is 6.17 Å². The molecule has 2 unspecified atom stereocenters. The van der Waals surface area contributed by atoms with Gasteiger partial charge < -0.3 is 9.64 Å². The molecular weight excluding hydrogens is 423 g/mol. The fourth-order valence-corrected chi connectivity index (χ4v) is 4.00. The second-order valence-electron chi connectivity index (χ2n) is 8.06. The molecule has 2 aliphatic heterocycles. The number of hydrogen-bond acceptors (Lipinski definition) is 5. The van der Waals surface area contributed by atoms with Gasteiger partial charge in [0.05, 0.1) is 24.8 Å². The molecular formula is C25H27FN4O3. The number of carbonyl (C=O) groups excluding carboxylic acids is 2. The van der Waals surface area contributed by atoms with Crippen LogP contribution in [0.5, 0.6) is 5.75 Å². The quantitative estimate of drug-likeness (QED) is 0.539. The Morgan fingerprint density at radius 2 is 1.88 bits per heavy atom. The lowest BCUT2D eigenvalue weighted by atomic mass is 10.0. The van der Waals surface area contributed by atoms with Gasteiger partial charge in [-0.15, -0.1) is 5.10 Å². The molecule has 0 spiro atoms. The van der Waals surface area contributed by atoms with Gasteiger partial charge in [0.2, 0.25) is 17.5 Å². The van der Waals surface area contributed by atoms with Crippen LogP contribution in [0.1, 0.15) is 66.8 Å². The summed E-state index contributed by atoms with van der Waals surface area (Å²) in [4.78, 5) is 29.0. The molecule has 172 valence electrons. The zero-order valence-corrected chi connectivity index (χ0v) is 18.8. The lowest BCUT2D eigenvalue weighted by Gasteiger charge is -2.15. The molecule has 2 aromatic carbocycles. The van der Waals surface area contributed by atoms with Gasteiger partial charge in [-0.1, -0.05) is 49.4 Å². The van der Waals surface area contributed by atoms with E-state index in [0.29, 0.717) is 25.9 Å². The van der Waals surface area contributed by atoms with E-state index >= 15 is 0 Å². The number of Topliss-reactive ketones (excluding diaryl/α,β-unsaturated/α-hetero) is 1. The molecule has 2 atom stereocenters. The number of para-hydroxylation sites is 2. The minimum atomic E-state index is -1.16. The molecule has 0 bridgehead atoms. The van der Waals surface area contributed by atoms with Crippen LogP contribution in [0.3, 0.4) is 0 Å². The Kier molecular flexibility index (Phi) is 6.82. The summed E-state index contributed by atoms with van der Waals surface area (Å²) < 4.78 is 21.1. The highest BCUT2D eigenvalue weighted by Crippen LogP contribution is 2.39. The normalized spacial score (nSPS) is 19.0. The Morgan fingerprint density at radius 3 is 2.64 bits per heavy atom. The molecule has 0 N–H and O–H groups in total. The lowest BCUT2D eigenvalue weighted by Crippen LogP contribution is -2.24. The van der Waals surface area contributed by atoms with Crippen molar-refractivity contribution in [3.8, 4) is 5.75 Å². The van der Waals surface area contributed by atoms with Crippen LogP contribution in [0.2, 0.25) is 0 Å². The van der Waals surface area contributed by atoms with Gasteiger partial charge >= 0.3 is 0 Å². The van der Waals surface area contributed by atoms with Crippen LogP contribution < -0.4 is 9.64 Å². The van der Waals surface area contributed by atoms with Crippen LogP contribution >= 0.6 is 0 Å². The summed E-state index contributed by atoms with van der Waals surface area (Å²) in [5.41, 5.74) is 1.85. The standard InChI is InChI=1S/C15H16FN3O.C10H11NO2/c1-2-6-13(20)14-17-15-11(16)9-12(19(15)18-14)10-7-4-3-5-8-10;1-11-8-4-2-3-5-9(8)13-7-6-10(11)12/h3-5,7-8,11-12H,2,6,9H2,1H3;2-5H,6-7H2,1H3. The maximum Gasteiger partial charge on any atom is 0.230 e. The number of hydrogen-bond donors (Lipinski definition) is 0. The Morgan fingerprint density at radius 1 is 1.15 bits per heavy atom. The fourth-order valence-electron chi connectivity index (χ4n) is 4.00. The van der Waals surface area contributed by atoms with Gasteiger partial charge in [0, 0.05) is 19.9 Å². The maximum absolute atomic E-state index is 14.1. The number of rotatable bonds is 4. The second-order valence-corrected chi connectivity index (χ2v) is 8.06. The Labute approximate surface area is 192 Å². The summed E-state index contributed by atoms with van der Waals surface area (Å²) in [5.74, 6) is 1.19. The number of nitrogens with zero attached hydrogens (tertiary/aromatic N) is 4. The molecule has 3 heterocycles. The van der Waals surface area contributed by atoms with Crippen molar-refractivity contribution in [3.63, 3.8) is 0 Å². The van der Waals surface area contributed by atoms with Crippen LogP contribution in [0.15, 0.2) is 54.6 Å². The first-order valence-corrected chi connectivity index (χ1v) is 11.2. The first-order valence-electron chi connectivity index (χ1n) is 11.2. The Balaban J connectivity index is 0.000000172. The Hall–Kier alpha value is -3.55. The first kappa shape index (κ1) is 22.6. The number of ketones is 1. The summed E-state index contributed by atoms with van der Waals surface area (Å²) in [5, 5.41) is 4.23. The average Bonchev–Trinajstić information content (AvgIpc) is 3.36. The fraction of sp³-hybridized carbons (Fsp3) is 0.360. The number of aromatic nitrogens is 3. The van der Waals surface area contributed by atoms with Crippen molar-refractivity contribution in [3.05, 3.63) is 71.8 Å². The van der Waals surface area contributed by atoms with Crippen molar-refractivity contribution in [1.29, 1.82) is 0 Å². The zero-order valence-electron chi connectivity index (χ0n) is 18.8. The molecule has 33 heavy (non-hydrogen) atoms. The van der Waals surface area contributed by atoms with Crippen LogP contribution in [-0.2, 0) is 4.79 Å². The van der Waals surface area contributed by atoms with Crippen molar-refractivity contribution < 1.29 is 18.7 Å². The number of fused-ring (bicyclic) bond motifs is 2. The van der Waals surface area contributed by atoms with Crippen molar-refractivity contribution in [1.82, 2.24) is 14.8 Å². The van der Waals surface area contributed by atoms with Gasteiger partial charge in [-0.2, -0.15) is 0 Å². The highest BCUT2D eigenvalue weighted by Gasteiger charge is 2.36. The Bertz CT molecular complexity index is 1130. The first-order chi connectivity index (χ1) is 16.0. The zero-order chi connectivity index (χ0) is 23.4. The minimum absolute atomic E-state index is 0.102. The smallest absolute Gasteiger partial charge is 0.230 e. The monoisotopic (exact) mass is 450 g/mol. The van der Waals surface area contributed by atoms with Gasteiger partial charge in [-0.3, -0.25) is 9.59 Å². The number of benzene rings is 2. The van der Waals surface area contributed by atoms with E-state index in [-0.39, 0.29) is 29.4 Å². The third-order valence-electron chi connectivity index (χ3n) is 5.75. The summed E-state index contributed by atoms with van der Waals surface area (Å²) in [6.07, 6.45) is 0.767. The largest absolute Gasteiger partial charge is 0.491 e. The lowest BCUT2D eigenvalue weighted by molar-refractivity contribution is -0.118. The molecule has 0 saturated carbocycles. The molecule has 1 aromatic heterocycles. The van der Waals surface area contributed by atoms with E-state index in [1.807, 2.05) is 61.5 Å². The molecule has 0 fully saturated rings. The van der Waals surface area contributed by atoms with Crippen LogP contribution in [0.25, 0.3) is 0 Å². The van der Waals surface area contributed by atoms with Crippen molar-refractivity contribution in [2.45, 2.75) is 44.8 Å². The molecule has 0 aliphatic carbocycles. The summed E-state index contributed by atoms with van der Waals surface area (Å²) in [7, 11) is 1.77. The topological polar surface area (TPSA) is 77.3 Å². The van der Waals surface area contributed by atoms with Crippen LogP contribution in [0, 0.1) is 0 Å². The predicted octanol–water partition coefficient (Wildman–Crippen LogP) is 4.70. The van der Waals surface area contributed by atoms with Crippen LogP contribution in [-0.4, -0.2) is 40.1 Å². The highest BCUT2D eigenvalue weighted by atomic mass is 19.1. The van der Waals surface area contributed by atoms with Crippen molar-refractivity contribution >= 4 is 17.4 Å². The highest BCUT2D eigenvalue weighted by molar-refractivity contribution is 5.95. The molecule has 8 heteroatoms. The third-order valence-corrected chi connectivity index (χ3v) is 5.75. The van der Waals surface area contributed by atoms with Crippen molar-refractivity contribution in [2.75, 3.05) is 18.6 Å². The van der Waals surface area contributed by atoms with E-state index in [4.69, 9.17) is 4.74 Å². The molecule has 3 aromatic rings. The number of amides is 1. The third kappa shape index (κ3) is 4.79. The molecule has 7 nitrogen and oxygen atoms in total. The van der Waals surface area contributed by atoms with E-state index in [1.54, 1.807) is 16.6 Å². The summed E-state index contributed by atoms with van der Waals surface area (Å²) >= 11 is 0. The molecule has 1 amide bonds. The van der Waals surface area contributed by atoms with Gasteiger partial charge in [-0.25, -0.2) is 14.1 Å². The number of ether oxygens (including phenoxy) is 1. The van der Waals surface area contributed by atoms with Gasteiger partial charge in [0.15, 0.2) is 12.0 Å². The second kappa shape index (κ2) is 9.94. The molecule has 0 saturated heterocycles. The van der Waals surface area contributed by atoms with Gasteiger partial charge in [0.25, 0.3) is 0 Å².